The van der Waals surface area contributed by atoms with Crippen molar-refractivity contribution in [3.63, 3.8) is 0 Å². The first-order valence-electron chi connectivity index (χ1n) is 4.49. The van der Waals surface area contributed by atoms with Crippen molar-refractivity contribution in [2.24, 2.45) is 4.99 Å². The Bertz CT molecular complexity index is 228. The van der Waals surface area contributed by atoms with E-state index in [0.717, 1.165) is 24.5 Å². The molecular weight excluding hydrogens is 204 g/mol. The van der Waals surface area contributed by atoms with Crippen molar-refractivity contribution in [3.05, 3.63) is 11.5 Å². The fourth-order valence-corrected chi connectivity index (χ4v) is 2.35. The maximum Gasteiger partial charge on any atom is 0.162 e. The van der Waals surface area contributed by atoms with Gasteiger partial charge in [-0.3, -0.25) is 9.89 Å². The summed E-state index contributed by atoms with van der Waals surface area (Å²) in [5.41, 5.74) is 0. The lowest BCUT2D eigenvalue weighted by atomic mass is 10.5. The molecule has 0 amide bonds. The van der Waals surface area contributed by atoms with E-state index in [0.29, 0.717) is 10.5 Å². The summed E-state index contributed by atoms with van der Waals surface area (Å²) in [6.07, 6.45) is 0. The Morgan fingerprint density at radius 1 is 1.69 bits per heavy atom. The van der Waals surface area contributed by atoms with Crippen molar-refractivity contribution in [3.8, 4) is 0 Å². The van der Waals surface area contributed by atoms with Gasteiger partial charge in [0.25, 0.3) is 0 Å². The summed E-state index contributed by atoms with van der Waals surface area (Å²) in [4.78, 5) is 7.54. The predicted octanol–water partition coefficient (Wildman–Crippen LogP) is 2.55. The van der Waals surface area contributed by atoms with Crippen LogP contribution in [-0.2, 0) is 0 Å². The molecule has 0 bridgehead atoms. The van der Waals surface area contributed by atoms with Crippen LogP contribution in [0, 0.1) is 0 Å². The molecule has 1 rings (SSSR count). The number of thioether (sulfide) groups is 1. The molecule has 1 saturated heterocycles. The number of aliphatic imine (C=N–C) groups is 1. The van der Waals surface area contributed by atoms with Crippen LogP contribution >= 0.6 is 23.4 Å². The van der Waals surface area contributed by atoms with Crippen LogP contribution in [0.15, 0.2) is 16.5 Å². The number of rotatable bonds is 4. The van der Waals surface area contributed by atoms with Crippen LogP contribution in [0.5, 0.6) is 0 Å². The van der Waals surface area contributed by atoms with E-state index in [4.69, 9.17) is 11.6 Å². The van der Waals surface area contributed by atoms with Crippen LogP contribution in [-0.4, -0.2) is 35.1 Å². The van der Waals surface area contributed by atoms with E-state index >= 15 is 0 Å². The quantitative estimate of drug-likeness (QED) is 0.410. The van der Waals surface area contributed by atoms with E-state index in [2.05, 4.69) is 23.4 Å². The van der Waals surface area contributed by atoms with Crippen LogP contribution in [0.4, 0.5) is 0 Å². The van der Waals surface area contributed by atoms with Crippen LogP contribution in [0.2, 0.25) is 0 Å². The normalized spacial score (nSPS) is 27.5. The molecule has 2 nitrogen and oxygen atoms in total. The molecule has 74 valence electrons. The van der Waals surface area contributed by atoms with Gasteiger partial charge in [0, 0.05) is 18.0 Å². The number of hydrogen-bond donors (Lipinski definition) is 0. The topological polar surface area (TPSA) is 15.4 Å². The van der Waals surface area contributed by atoms with E-state index in [1.807, 2.05) is 6.92 Å². The van der Waals surface area contributed by atoms with Crippen molar-refractivity contribution in [1.82, 2.24) is 4.90 Å². The van der Waals surface area contributed by atoms with Crippen LogP contribution < -0.4 is 0 Å². The Morgan fingerprint density at radius 3 is 2.85 bits per heavy atom. The molecule has 1 aliphatic heterocycles. The van der Waals surface area contributed by atoms with Gasteiger partial charge in [0.2, 0.25) is 0 Å². The van der Waals surface area contributed by atoms with Crippen LogP contribution in [0.1, 0.15) is 13.8 Å². The van der Waals surface area contributed by atoms with Gasteiger partial charge < -0.3 is 0 Å². The third-order valence-corrected chi connectivity index (χ3v) is 3.17. The minimum absolute atomic E-state index is 0.524. The zero-order chi connectivity index (χ0) is 9.84. The first-order valence-corrected chi connectivity index (χ1v) is 5.69. The van der Waals surface area contributed by atoms with Gasteiger partial charge in [-0.15, -0.1) is 0 Å². The lowest BCUT2D eigenvalue weighted by Gasteiger charge is -2.02. The van der Waals surface area contributed by atoms with E-state index in [-0.39, 0.29) is 0 Å². The fourth-order valence-electron chi connectivity index (χ4n) is 1.16. The van der Waals surface area contributed by atoms with Crippen molar-refractivity contribution < 1.29 is 0 Å². The molecular formula is C9H15ClN2S. The average Bonchev–Trinajstić information content (AvgIpc) is 2.82. The van der Waals surface area contributed by atoms with Crippen molar-refractivity contribution in [2.75, 3.05) is 19.6 Å². The SMILES string of the molecule is C=C(SC(Cl)=NCC)C1CN1CC. The Kier molecular flexibility index (Phi) is 4.29. The van der Waals surface area contributed by atoms with Gasteiger partial charge >= 0.3 is 0 Å². The molecule has 1 aliphatic rings. The minimum atomic E-state index is 0.524. The molecule has 13 heavy (non-hydrogen) atoms. The molecule has 0 spiro atoms. The highest BCUT2D eigenvalue weighted by Crippen LogP contribution is 2.32. The van der Waals surface area contributed by atoms with Gasteiger partial charge in [-0.2, -0.15) is 0 Å². The van der Waals surface area contributed by atoms with Crippen LogP contribution in [0.25, 0.3) is 0 Å². The number of nitrogens with zero attached hydrogens (tertiary/aromatic N) is 2. The standard InChI is InChI=1S/C9H15ClN2S/c1-4-11-9(10)13-7(3)8-6-12(8)5-2/h8H,3-6H2,1-2H3. The summed E-state index contributed by atoms with van der Waals surface area (Å²) >= 11 is 7.37. The number of likely N-dealkylation sites (N-methyl/N-ethyl adjacent to an activating group) is 1. The molecule has 0 aromatic carbocycles. The van der Waals surface area contributed by atoms with Gasteiger partial charge in [-0.25, -0.2) is 0 Å². The molecule has 0 saturated carbocycles. The Balaban J connectivity index is 2.30. The summed E-state index contributed by atoms with van der Waals surface area (Å²) in [5.74, 6) is 0. The van der Waals surface area contributed by atoms with Gasteiger partial charge in [0.15, 0.2) is 4.50 Å². The van der Waals surface area contributed by atoms with E-state index in [1.165, 1.54) is 11.8 Å². The fraction of sp³-hybridized carbons (Fsp3) is 0.667. The molecule has 0 aromatic rings. The first kappa shape index (κ1) is 11.1. The first-order chi connectivity index (χ1) is 6.19. The summed E-state index contributed by atoms with van der Waals surface area (Å²) in [7, 11) is 0. The molecule has 2 unspecified atom stereocenters. The maximum atomic E-state index is 5.87. The highest BCUT2D eigenvalue weighted by atomic mass is 35.5. The monoisotopic (exact) mass is 218 g/mol. The second kappa shape index (κ2) is 5.03. The zero-order valence-corrected chi connectivity index (χ0v) is 9.66. The Morgan fingerprint density at radius 2 is 2.38 bits per heavy atom. The smallest absolute Gasteiger partial charge is 0.162 e. The Hall–Kier alpha value is 0.01000. The molecule has 0 aliphatic carbocycles. The minimum Gasteiger partial charge on any atom is -0.293 e. The lowest BCUT2D eigenvalue weighted by Crippen LogP contribution is -2.01. The largest absolute Gasteiger partial charge is 0.293 e. The number of halogens is 1. The van der Waals surface area contributed by atoms with Crippen molar-refractivity contribution in [1.29, 1.82) is 0 Å². The molecule has 0 radical (unpaired) electrons. The molecule has 0 N–H and O–H groups in total. The highest BCUT2D eigenvalue weighted by molar-refractivity contribution is 8.19. The molecule has 1 heterocycles. The second-order valence-electron chi connectivity index (χ2n) is 2.90. The summed E-state index contributed by atoms with van der Waals surface area (Å²) in [6.45, 7) is 11.1. The van der Waals surface area contributed by atoms with Crippen LogP contribution in [0.3, 0.4) is 0 Å². The predicted molar refractivity (Wildman–Crippen MR) is 61.6 cm³/mol. The highest BCUT2D eigenvalue weighted by Gasteiger charge is 2.35. The number of hydrogen-bond acceptors (Lipinski definition) is 3. The third-order valence-electron chi connectivity index (χ3n) is 1.99. The molecule has 0 aromatic heterocycles. The zero-order valence-electron chi connectivity index (χ0n) is 8.09. The second-order valence-corrected chi connectivity index (χ2v) is 4.60. The lowest BCUT2D eigenvalue weighted by molar-refractivity contribution is 0.564. The van der Waals surface area contributed by atoms with Gasteiger partial charge in [0.1, 0.15) is 0 Å². The summed E-state index contributed by atoms with van der Waals surface area (Å²) in [6, 6.07) is 0.524. The van der Waals surface area contributed by atoms with E-state index < -0.39 is 0 Å². The Labute approximate surface area is 89.0 Å². The van der Waals surface area contributed by atoms with Crippen molar-refractivity contribution >= 4 is 27.9 Å². The average molecular weight is 219 g/mol. The molecule has 1 fully saturated rings. The third kappa shape index (κ3) is 3.33. The molecule has 4 heteroatoms. The van der Waals surface area contributed by atoms with Gasteiger partial charge in [-0.05, 0) is 13.5 Å². The maximum absolute atomic E-state index is 5.87. The van der Waals surface area contributed by atoms with E-state index in [1.54, 1.807) is 0 Å². The summed E-state index contributed by atoms with van der Waals surface area (Å²) in [5, 5.41) is 0. The van der Waals surface area contributed by atoms with E-state index in [9.17, 15) is 0 Å². The van der Waals surface area contributed by atoms with Gasteiger partial charge in [0.05, 0.1) is 6.04 Å². The molecule has 2 atom stereocenters. The van der Waals surface area contributed by atoms with Crippen molar-refractivity contribution in [2.45, 2.75) is 19.9 Å². The van der Waals surface area contributed by atoms with Gasteiger partial charge in [-0.1, -0.05) is 36.9 Å². The summed E-state index contributed by atoms with van der Waals surface area (Å²) < 4.78 is 0.607.